The van der Waals surface area contributed by atoms with Gasteiger partial charge in [0.15, 0.2) is 0 Å². The molecule has 1 atom stereocenters. The SMILES string of the molecule is CCC(C)n1cnc2ccccc2c1=S. The summed E-state index contributed by atoms with van der Waals surface area (Å²) in [4.78, 5) is 4.41. The second kappa shape index (κ2) is 4.11. The lowest BCUT2D eigenvalue weighted by atomic mass is 10.2. The number of rotatable bonds is 2. The fraction of sp³-hybridized carbons (Fsp3) is 0.333. The van der Waals surface area contributed by atoms with Crippen molar-refractivity contribution in [3.05, 3.63) is 35.2 Å². The minimum Gasteiger partial charge on any atom is -0.320 e. The quantitative estimate of drug-likeness (QED) is 0.715. The number of hydrogen-bond donors (Lipinski definition) is 0. The predicted octanol–water partition coefficient (Wildman–Crippen LogP) is 3.74. The molecule has 1 aromatic carbocycles. The fourth-order valence-electron chi connectivity index (χ4n) is 1.59. The van der Waals surface area contributed by atoms with Crippen LogP contribution in [0.3, 0.4) is 0 Å². The van der Waals surface area contributed by atoms with Gasteiger partial charge < -0.3 is 4.57 Å². The van der Waals surface area contributed by atoms with E-state index in [0.717, 1.165) is 22.0 Å². The average Bonchev–Trinajstić information content (AvgIpc) is 2.29. The summed E-state index contributed by atoms with van der Waals surface area (Å²) in [5.74, 6) is 0. The van der Waals surface area contributed by atoms with Crippen LogP contribution in [0.4, 0.5) is 0 Å². The van der Waals surface area contributed by atoms with Crippen molar-refractivity contribution in [3.8, 4) is 0 Å². The van der Waals surface area contributed by atoms with Gasteiger partial charge in [-0.3, -0.25) is 0 Å². The molecule has 2 aromatic rings. The predicted molar refractivity (Wildman–Crippen MR) is 65.6 cm³/mol. The van der Waals surface area contributed by atoms with E-state index in [-0.39, 0.29) is 0 Å². The van der Waals surface area contributed by atoms with Gasteiger partial charge in [-0.1, -0.05) is 31.3 Å². The van der Waals surface area contributed by atoms with E-state index in [1.54, 1.807) is 0 Å². The molecule has 0 fully saturated rings. The number of para-hydroxylation sites is 1. The molecule has 2 nitrogen and oxygen atoms in total. The molecule has 0 bridgehead atoms. The maximum atomic E-state index is 5.46. The standard InChI is InChI=1S/C12H14N2S/c1-3-9(2)14-8-13-11-7-5-4-6-10(11)12(14)15/h4-9H,3H2,1-2H3. The van der Waals surface area contributed by atoms with Crippen LogP contribution in [0.2, 0.25) is 0 Å². The first kappa shape index (κ1) is 10.3. The number of hydrogen-bond acceptors (Lipinski definition) is 2. The second-order valence-corrected chi connectivity index (χ2v) is 4.12. The van der Waals surface area contributed by atoms with Gasteiger partial charge in [0.05, 0.1) is 11.8 Å². The Bertz CT molecular complexity index is 530. The van der Waals surface area contributed by atoms with Crippen LogP contribution in [0.1, 0.15) is 26.3 Å². The van der Waals surface area contributed by atoms with Crippen molar-refractivity contribution < 1.29 is 0 Å². The molecule has 0 radical (unpaired) electrons. The zero-order valence-electron chi connectivity index (χ0n) is 8.97. The number of benzene rings is 1. The first-order valence-electron chi connectivity index (χ1n) is 5.20. The Morgan fingerprint density at radius 1 is 1.40 bits per heavy atom. The summed E-state index contributed by atoms with van der Waals surface area (Å²) >= 11 is 5.46. The van der Waals surface area contributed by atoms with E-state index >= 15 is 0 Å². The maximum Gasteiger partial charge on any atom is 0.116 e. The van der Waals surface area contributed by atoms with Crippen LogP contribution in [0.5, 0.6) is 0 Å². The third-order valence-corrected chi connectivity index (χ3v) is 3.19. The van der Waals surface area contributed by atoms with Crippen LogP contribution in [0.25, 0.3) is 10.9 Å². The minimum absolute atomic E-state index is 0.412. The Balaban J connectivity index is 2.71. The Morgan fingerprint density at radius 3 is 2.87 bits per heavy atom. The first-order chi connectivity index (χ1) is 7.24. The molecule has 78 valence electrons. The fourth-order valence-corrected chi connectivity index (χ4v) is 1.99. The largest absolute Gasteiger partial charge is 0.320 e. The van der Waals surface area contributed by atoms with Crippen molar-refractivity contribution in [2.75, 3.05) is 0 Å². The molecule has 1 aromatic heterocycles. The van der Waals surface area contributed by atoms with Gasteiger partial charge in [-0.2, -0.15) is 0 Å². The zero-order chi connectivity index (χ0) is 10.8. The van der Waals surface area contributed by atoms with E-state index in [0.29, 0.717) is 6.04 Å². The average molecular weight is 218 g/mol. The smallest absolute Gasteiger partial charge is 0.116 e. The summed E-state index contributed by atoms with van der Waals surface area (Å²) in [5, 5.41) is 1.07. The van der Waals surface area contributed by atoms with E-state index in [4.69, 9.17) is 12.2 Å². The van der Waals surface area contributed by atoms with Crippen molar-refractivity contribution in [1.29, 1.82) is 0 Å². The Kier molecular flexibility index (Phi) is 2.82. The van der Waals surface area contributed by atoms with E-state index < -0.39 is 0 Å². The molecular weight excluding hydrogens is 204 g/mol. The van der Waals surface area contributed by atoms with Gasteiger partial charge in [0, 0.05) is 11.4 Å². The number of nitrogens with zero attached hydrogens (tertiary/aromatic N) is 2. The van der Waals surface area contributed by atoms with Gasteiger partial charge in [-0.25, -0.2) is 4.98 Å². The van der Waals surface area contributed by atoms with Gasteiger partial charge in [0.25, 0.3) is 0 Å². The molecule has 0 aliphatic rings. The van der Waals surface area contributed by atoms with Crippen LogP contribution in [0.15, 0.2) is 30.6 Å². The van der Waals surface area contributed by atoms with Gasteiger partial charge in [0.2, 0.25) is 0 Å². The van der Waals surface area contributed by atoms with E-state index in [2.05, 4.69) is 23.4 Å². The second-order valence-electron chi connectivity index (χ2n) is 3.73. The lowest BCUT2D eigenvalue weighted by molar-refractivity contribution is 0.518. The third kappa shape index (κ3) is 1.79. The van der Waals surface area contributed by atoms with E-state index in [1.807, 2.05) is 30.6 Å². The Hall–Kier alpha value is -1.22. The van der Waals surface area contributed by atoms with Crippen molar-refractivity contribution in [2.45, 2.75) is 26.3 Å². The van der Waals surface area contributed by atoms with Crippen molar-refractivity contribution in [3.63, 3.8) is 0 Å². The summed E-state index contributed by atoms with van der Waals surface area (Å²) in [7, 11) is 0. The monoisotopic (exact) mass is 218 g/mol. The van der Waals surface area contributed by atoms with Gasteiger partial charge in [-0.05, 0) is 25.5 Å². The molecule has 0 saturated heterocycles. The number of fused-ring (bicyclic) bond motifs is 1. The van der Waals surface area contributed by atoms with Crippen LogP contribution in [-0.4, -0.2) is 9.55 Å². The summed E-state index contributed by atoms with van der Waals surface area (Å²) in [6, 6.07) is 8.42. The van der Waals surface area contributed by atoms with Crippen LogP contribution >= 0.6 is 12.2 Å². The molecule has 0 amide bonds. The van der Waals surface area contributed by atoms with Gasteiger partial charge in [0.1, 0.15) is 4.64 Å². The van der Waals surface area contributed by atoms with Crippen molar-refractivity contribution in [1.82, 2.24) is 9.55 Å². The van der Waals surface area contributed by atoms with Crippen LogP contribution in [0, 0.1) is 4.64 Å². The Morgan fingerprint density at radius 2 is 2.13 bits per heavy atom. The van der Waals surface area contributed by atoms with Gasteiger partial charge >= 0.3 is 0 Å². The highest BCUT2D eigenvalue weighted by molar-refractivity contribution is 7.71. The number of aromatic nitrogens is 2. The Labute approximate surface area is 94.6 Å². The summed E-state index contributed by atoms with van der Waals surface area (Å²) in [6.45, 7) is 4.31. The maximum absolute atomic E-state index is 5.46. The summed E-state index contributed by atoms with van der Waals surface area (Å²) < 4.78 is 2.95. The molecule has 0 aliphatic carbocycles. The molecule has 1 heterocycles. The van der Waals surface area contributed by atoms with Crippen molar-refractivity contribution in [2.24, 2.45) is 0 Å². The molecule has 0 N–H and O–H groups in total. The molecule has 3 heteroatoms. The zero-order valence-corrected chi connectivity index (χ0v) is 9.79. The molecule has 15 heavy (non-hydrogen) atoms. The molecule has 1 unspecified atom stereocenters. The summed E-state index contributed by atoms with van der Waals surface area (Å²) in [5.41, 5.74) is 0.974. The molecule has 2 rings (SSSR count). The molecule has 0 saturated carbocycles. The lowest BCUT2D eigenvalue weighted by Crippen LogP contribution is -2.06. The highest BCUT2D eigenvalue weighted by Gasteiger charge is 2.04. The lowest BCUT2D eigenvalue weighted by Gasteiger charge is -2.14. The third-order valence-electron chi connectivity index (χ3n) is 2.76. The normalized spacial score (nSPS) is 12.9. The topological polar surface area (TPSA) is 17.8 Å². The van der Waals surface area contributed by atoms with E-state index in [1.165, 1.54) is 0 Å². The van der Waals surface area contributed by atoms with Gasteiger partial charge in [-0.15, -0.1) is 0 Å². The van der Waals surface area contributed by atoms with Crippen LogP contribution in [-0.2, 0) is 0 Å². The molecular formula is C12H14N2S. The minimum atomic E-state index is 0.412. The van der Waals surface area contributed by atoms with E-state index in [9.17, 15) is 0 Å². The highest BCUT2D eigenvalue weighted by Crippen LogP contribution is 2.17. The molecule has 0 aliphatic heterocycles. The van der Waals surface area contributed by atoms with Crippen LogP contribution < -0.4 is 0 Å². The highest BCUT2D eigenvalue weighted by atomic mass is 32.1. The first-order valence-corrected chi connectivity index (χ1v) is 5.60. The molecule has 0 spiro atoms. The summed E-state index contributed by atoms with van der Waals surface area (Å²) in [6.07, 6.45) is 2.91. The van der Waals surface area contributed by atoms with Crippen molar-refractivity contribution >= 4 is 23.1 Å².